The number of urea groups is 1. The van der Waals surface area contributed by atoms with Gasteiger partial charge in [-0.05, 0) is 12.8 Å². The molecule has 3 atom stereocenters. The van der Waals surface area contributed by atoms with Gasteiger partial charge in [0.2, 0.25) is 0 Å². The molecule has 2 amide bonds. The highest BCUT2D eigenvalue weighted by molar-refractivity contribution is 5.77. The highest BCUT2D eigenvalue weighted by Crippen LogP contribution is 2.22. The lowest BCUT2D eigenvalue weighted by Gasteiger charge is -2.37. The standard InChI is InChI=1S/C12H19N3O4/c16-11(17)10-2-1-9(19-10)7-14-3-4-15-8(6-14)5-13-12(15)18/h8-10H,1-7H2,(H,13,18)(H,16,17). The molecule has 0 bridgehead atoms. The van der Waals surface area contributed by atoms with Crippen molar-refractivity contribution in [3.05, 3.63) is 0 Å². The van der Waals surface area contributed by atoms with Crippen molar-refractivity contribution in [1.82, 2.24) is 15.1 Å². The Morgan fingerprint density at radius 1 is 1.42 bits per heavy atom. The number of aliphatic carboxylic acids is 1. The number of ether oxygens (including phenoxy) is 1. The van der Waals surface area contributed by atoms with E-state index < -0.39 is 12.1 Å². The molecule has 0 aromatic carbocycles. The van der Waals surface area contributed by atoms with Crippen LogP contribution in [0.4, 0.5) is 4.79 Å². The van der Waals surface area contributed by atoms with Gasteiger partial charge in [-0.1, -0.05) is 0 Å². The lowest BCUT2D eigenvalue weighted by Crippen LogP contribution is -2.53. The number of nitrogens with zero attached hydrogens (tertiary/aromatic N) is 2. The van der Waals surface area contributed by atoms with E-state index in [2.05, 4.69) is 10.2 Å². The summed E-state index contributed by atoms with van der Waals surface area (Å²) in [6.45, 7) is 3.89. The summed E-state index contributed by atoms with van der Waals surface area (Å²) in [7, 11) is 0. The van der Waals surface area contributed by atoms with E-state index in [1.807, 2.05) is 4.90 Å². The van der Waals surface area contributed by atoms with Crippen LogP contribution >= 0.6 is 0 Å². The van der Waals surface area contributed by atoms with Crippen molar-refractivity contribution < 1.29 is 19.4 Å². The Kier molecular flexibility index (Phi) is 3.32. The van der Waals surface area contributed by atoms with Gasteiger partial charge in [0.25, 0.3) is 0 Å². The third-order valence-electron chi connectivity index (χ3n) is 4.16. The number of carbonyl (C=O) groups excluding carboxylic acids is 1. The van der Waals surface area contributed by atoms with Crippen LogP contribution in [0.25, 0.3) is 0 Å². The zero-order chi connectivity index (χ0) is 13.4. The maximum Gasteiger partial charge on any atom is 0.332 e. The first-order valence-corrected chi connectivity index (χ1v) is 6.78. The third-order valence-corrected chi connectivity index (χ3v) is 4.16. The Hall–Kier alpha value is -1.34. The molecule has 0 aliphatic carbocycles. The molecule has 2 N–H and O–H groups in total. The number of carboxylic acid groups (broad SMARTS) is 1. The number of hydrogen-bond acceptors (Lipinski definition) is 4. The third kappa shape index (κ3) is 2.52. The fourth-order valence-electron chi connectivity index (χ4n) is 3.14. The van der Waals surface area contributed by atoms with E-state index in [1.54, 1.807) is 0 Å². The summed E-state index contributed by atoms with van der Waals surface area (Å²) < 4.78 is 5.52. The fourth-order valence-corrected chi connectivity index (χ4v) is 3.14. The normalized spacial score (nSPS) is 35.3. The van der Waals surface area contributed by atoms with Crippen molar-refractivity contribution >= 4 is 12.0 Å². The average molecular weight is 269 g/mol. The molecule has 3 unspecified atom stereocenters. The van der Waals surface area contributed by atoms with E-state index in [1.165, 1.54) is 0 Å². The molecule has 19 heavy (non-hydrogen) atoms. The molecular formula is C12H19N3O4. The molecule has 7 heteroatoms. The summed E-state index contributed by atoms with van der Waals surface area (Å²) in [6.07, 6.45) is 0.779. The number of amides is 2. The van der Waals surface area contributed by atoms with Crippen molar-refractivity contribution in [3.8, 4) is 0 Å². The second-order valence-electron chi connectivity index (χ2n) is 5.46. The number of carbonyl (C=O) groups is 2. The number of nitrogens with one attached hydrogen (secondary N) is 1. The van der Waals surface area contributed by atoms with Crippen LogP contribution in [0.1, 0.15) is 12.8 Å². The molecule has 0 radical (unpaired) electrons. The minimum Gasteiger partial charge on any atom is -0.479 e. The largest absolute Gasteiger partial charge is 0.479 e. The maximum atomic E-state index is 11.5. The lowest BCUT2D eigenvalue weighted by atomic mass is 10.1. The molecule has 3 aliphatic rings. The number of fused-ring (bicyclic) bond motifs is 1. The number of rotatable bonds is 3. The topological polar surface area (TPSA) is 82.1 Å². The minimum absolute atomic E-state index is 0.0118. The summed E-state index contributed by atoms with van der Waals surface area (Å²) in [5.41, 5.74) is 0. The van der Waals surface area contributed by atoms with Crippen LogP contribution in [-0.4, -0.2) is 77.9 Å². The predicted octanol–water partition coefficient (Wildman–Crippen LogP) is -0.672. The quantitative estimate of drug-likeness (QED) is 0.710. The molecule has 106 valence electrons. The number of hydrogen-bond donors (Lipinski definition) is 2. The van der Waals surface area contributed by atoms with Crippen LogP contribution in [0.15, 0.2) is 0 Å². The van der Waals surface area contributed by atoms with E-state index in [-0.39, 0.29) is 18.2 Å². The van der Waals surface area contributed by atoms with Crippen molar-refractivity contribution in [1.29, 1.82) is 0 Å². The smallest absolute Gasteiger partial charge is 0.332 e. The van der Waals surface area contributed by atoms with E-state index in [4.69, 9.17) is 9.84 Å². The molecule has 0 aromatic heterocycles. The van der Waals surface area contributed by atoms with Gasteiger partial charge in [-0.3, -0.25) is 4.90 Å². The van der Waals surface area contributed by atoms with Crippen molar-refractivity contribution in [2.24, 2.45) is 0 Å². The second-order valence-corrected chi connectivity index (χ2v) is 5.46. The summed E-state index contributed by atoms with van der Waals surface area (Å²) in [6, 6.07) is 0.283. The van der Waals surface area contributed by atoms with Gasteiger partial charge in [-0.25, -0.2) is 9.59 Å². The molecule has 3 saturated heterocycles. The van der Waals surface area contributed by atoms with E-state index in [0.29, 0.717) is 13.0 Å². The summed E-state index contributed by atoms with van der Waals surface area (Å²) in [5, 5.41) is 11.7. The van der Waals surface area contributed by atoms with E-state index in [9.17, 15) is 9.59 Å². The zero-order valence-electron chi connectivity index (χ0n) is 10.7. The van der Waals surface area contributed by atoms with E-state index >= 15 is 0 Å². The number of piperazine rings is 1. The molecule has 3 aliphatic heterocycles. The molecule has 0 spiro atoms. The first-order valence-electron chi connectivity index (χ1n) is 6.78. The van der Waals surface area contributed by atoms with Gasteiger partial charge in [0, 0.05) is 32.7 Å². The monoisotopic (exact) mass is 269 g/mol. The second kappa shape index (κ2) is 4.97. The first-order chi connectivity index (χ1) is 9.13. The molecule has 3 heterocycles. The highest BCUT2D eigenvalue weighted by Gasteiger charge is 2.37. The Balaban J connectivity index is 1.49. The van der Waals surface area contributed by atoms with Gasteiger partial charge in [0.1, 0.15) is 0 Å². The molecular weight excluding hydrogens is 250 g/mol. The van der Waals surface area contributed by atoms with Gasteiger partial charge in [-0.15, -0.1) is 0 Å². The Bertz CT molecular complexity index is 389. The van der Waals surface area contributed by atoms with Crippen LogP contribution in [0.2, 0.25) is 0 Å². The number of carboxylic acids is 1. The maximum absolute atomic E-state index is 11.5. The van der Waals surface area contributed by atoms with Gasteiger partial charge < -0.3 is 20.1 Å². The highest BCUT2D eigenvalue weighted by atomic mass is 16.5. The minimum atomic E-state index is -0.863. The van der Waals surface area contributed by atoms with Gasteiger partial charge in [-0.2, -0.15) is 0 Å². The van der Waals surface area contributed by atoms with Crippen LogP contribution in [0, 0.1) is 0 Å². The zero-order valence-corrected chi connectivity index (χ0v) is 10.7. The van der Waals surface area contributed by atoms with Crippen molar-refractivity contribution in [2.45, 2.75) is 31.1 Å². The lowest BCUT2D eigenvalue weighted by molar-refractivity contribution is -0.149. The van der Waals surface area contributed by atoms with Crippen molar-refractivity contribution in [2.75, 3.05) is 32.7 Å². The van der Waals surface area contributed by atoms with Gasteiger partial charge in [0.15, 0.2) is 6.10 Å². The SMILES string of the molecule is O=C(O)C1CCC(CN2CCN3C(=O)NCC3C2)O1. The molecule has 0 aromatic rings. The summed E-state index contributed by atoms with van der Waals surface area (Å²) in [4.78, 5) is 26.5. The molecule has 3 rings (SSSR count). The molecule has 3 fully saturated rings. The van der Waals surface area contributed by atoms with Crippen LogP contribution in [0.3, 0.4) is 0 Å². The molecule has 0 saturated carbocycles. The fraction of sp³-hybridized carbons (Fsp3) is 0.833. The van der Waals surface area contributed by atoms with Crippen LogP contribution in [0.5, 0.6) is 0 Å². The Morgan fingerprint density at radius 2 is 2.26 bits per heavy atom. The summed E-state index contributed by atoms with van der Waals surface area (Å²) in [5.74, 6) is -0.863. The predicted molar refractivity (Wildman–Crippen MR) is 65.9 cm³/mol. The van der Waals surface area contributed by atoms with Crippen LogP contribution in [-0.2, 0) is 9.53 Å². The Labute approximate surface area is 111 Å². The van der Waals surface area contributed by atoms with E-state index in [0.717, 1.165) is 32.6 Å². The average Bonchev–Trinajstić information content (AvgIpc) is 2.97. The first kappa shape index (κ1) is 12.7. The molecule has 7 nitrogen and oxygen atoms in total. The van der Waals surface area contributed by atoms with Crippen molar-refractivity contribution in [3.63, 3.8) is 0 Å². The van der Waals surface area contributed by atoms with Crippen LogP contribution < -0.4 is 5.32 Å². The van der Waals surface area contributed by atoms with Gasteiger partial charge >= 0.3 is 12.0 Å². The van der Waals surface area contributed by atoms with Gasteiger partial charge in [0.05, 0.1) is 12.1 Å². The summed E-state index contributed by atoms with van der Waals surface area (Å²) >= 11 is 0. The Morgan fingerprint density at radius 3 is 3.00 bits per heavy atom.